The van der Waals surface area contributed by atoms with Gasteiger partial charge in [0.1, 0.15) is 0 Å². The molecule has 0 bridgehead atoms. The highest BCUT2D eigenvalue weighted by Gasteiger charge is 2.22. The molecule has 0 aliphatic carbocycles. The molecule has 1 aromatic rings. The Balaban J connectivity index is 2.08. The molecular formula is C14H20N2O2. The standard InChI is InChI=1S/C14H20N2O2/c1-11-5-4-6-12(2)13(11)15-7-9-16(10-8-15)14(17)18-3/h4-6H,7-10H2,1-3H3. The van der Waals surface area contributed by atoms with Crippen molar-refractivity contribution < 1.29 is 9.53 Å². The quantitative estimate of drug-likeness (QED) is 0.763. The fourth-order valence-electron chi connectivity index (χ4n) is 2.55. The first-order valence-corrected chi connectivity index (χ1v) is 6.27. The SMILES string of the molecule is COC(=O)N1CCN(c2c(C)cccc2C)CC1. The van der Waals surface area contributed by atoms with E-state index in [1.165, 1.54) is 23.9 Å². The molecule has 1 aliphatic rings. The van der Waals surface area contributed by atoms with Crippen LogP contribution in [0.5, 0.6) is 0 Å². The molecule has 1 fully saturated rings. The first-order valence-electron chi connectivity index (χ1n) is 6.27. The van der Waals surface area contributed by atoms with Crippen LogP contribution in [0.1, 0.15) is 11.1 Å². The fourth-order valence-corrected chi connectivity index (χ4v) is 2.55. The Hall–Kier alpha value is -1.71. The van der Waals surface area contributed by atoms with E-state index in [-0.39, 0.29) is 6.09 Å². The number of rotatable bonds is 1. The summed E-state index contributed by atoms with van der Waals surface area (Å²) < 4.78 is 4.75. The van der Waals surface area contributed by atoms with E-state index in [4.69, 9.17) is 4.74 Å². The first kappa shape index (κ1) is 12.7. The van der Waals surface area contributed by atoms with Crippen LogP contribution < -0.4 is 4.90 Å². The van der Waals surface area contributed by atoms with Gasteiger partial charge in [-0.05, 0) is 25.0 Å². The second kappa shape index (κ2) is 5.29. The summed E-state index contributed by atoms with van der Waals surface area (Å²) in [5.74, 6) is 0. The third kappa shape index (κ3) is 2.42. The molecule has 18 heavy (non-hydrogen) atoms. The third-order valence-corrected chi connectivity index (χ3v) is 3.47. The number of piperazine rings is 1. The molecule has 0 atom stereocenters. The average Bonchev–Trinajstić information content (AvgIpc) is 2.38. The lowest BCUT2D eigenvalue weighted by Gasteiger charge is -2.36. The lowest BCUT2D eigenvalue weighted by Crippen LogP contribution is -2.49. The van der Waals surface area contributed by atoms with Crippen LogP contribution in [0.15, 0.2) is 18.2 Å². The number of hydrogen-bond acceptors (Lipinski definition) is 3. The monoisotopic (exact) mass is 248 g/mol. The van der Waals surface area contributed by atoms with E-state index in [1.807, 2.05) is 0 Å². The topological polar surface area (TPSA) is 32.8 Å². The highest BCUT2D eigenvalue weighted by Crippen LogP contribution is 2.25. The summed E-state index contributed by atoms with van der Waals surface area (Å²) in [5.41, 5.74) is 3.89. The molecule has 0 N–H and O–H groups in total. The molecule has 1 amide bonds. The number of nitrogens with zero attached hydrogens (tertiary/aromatic N) is 2. The van der Waals surface area contributed by atoms with Crippen molar-refractivity contribution in [3.8, 4) is 0 Å². The number of aryl methyl sites for hydroxylation is 2. The summed E-state index contributed by atoms with van der Waals surface area (Å²) >= 11 is 0. The fraction of sp³-hybridized carbons (Fsp3) is 0.500. The second-order valence-electron chi connectivity index (χ2n) is 4.68. The van der Waals surface area contributed by atoms with Crippen LogP contribution in [-0.4, -0.2) is 44.3 Å². The van der Waals surface area contributed by atoms with Gasteiger partial charge in [-0.3, -0.25) is 0 Å². The predicted octanol–water partition coefficient (Wildman–Crippen LogP) is 2.19. The molecular weight excluding hydrogens is 228 g/mol. The zero-order valence-electron chi connectivity index (χ0n) is 11.3. The number of benzene rings is 1. The molecule has 0 aromatic heterocycles. The van der Waals surface area contributed by atoms with Gasteiger partial charge in [-0.25, -0.2) is 4.79 Å². The minimum absolute atomic E-state index is 0.226. The van der Waals surface area contributed by atoms with E-state index in [2.05, 4.69) is 36.9 Å². The van der Waals surface area contributed by atoms with Gasteiger partial charge in [0, 0.05) is 31.9 Å². The maximum absolute atomic E-state index is 11.4. The molecule has 0 radical (unpaired) electrons. The highest BCUT2D eigenvalue weighted by molar-refractivity contribution is 5.68. The van der Waals surface area contributed by atoms with E-state index >= 15 is 0 Å². The van der Waals surface area contributed by atoms with Gasteiger partial charge in [0.2, 0.25) is 0 Å². The van der Waals surface area contributed by atoms with Crippen LogP contribution in [0, 0.1) is 13.8 Å². The van der Waals surface area contributed by atoms with Crippen LogP contribution in [0.2, 0.25) is 0 Å². The Morgan fingerprint density at radius 2 is 1.67 bits per heavy atom. The Labute approximate surface area is 108 Å². The van der Waals surface area contributed by atoms with E-state index in [1.54, 1.807) is 4.90 Å². The summed E-state index contributed by atoms with van der Waals surface area (Å²) in [7, 11) is 1.43. The maximum atomic E-state index is 11.4. The summed E-state index contributed by atoms with van der Waals surface area (Å²) in [6.07, 6.45) is -0.226. The Bertz CT molecular complexity index is 417. The largest absolute Gasteiger partial charge is 0.453 e. The van der Waals surface area contributed by atoms with E-state index < -0.39 is 0 Å². The Morgan fingerprint density at radius 1 is 1.11 bits per heavy atom. The van der Waals surface area contributed by atoms with Gasteiger partial charge >= 0.3 is 6.09 Å². The first-order chi connectivity index (χ1) is 8.63. The van der Waals surface area contributed by atoms with E-state index in [0.717, 1.165) is 26.2 Å². The Kier molecular flexibility index (Phi) is 3.75. The summed E-state index contributed by atoms with van der Waals surface area (Å²) in [6.45, 7) is 7.44. The molecule has 1 saturated heterocycles. The molecule has 4 heteroatoms. The Morgan fingerprint density at radius 3 is 2.17 bits per heavy atom. The molecule has 1 aromatic carbocycles. The molecule has 98 valence electrons. The smallest absolute Gasteiger partial charge is 0.409 e. The zero-order valence-corrected chi connectivity index (χ0v) is 11.3. The van der Waals surface area contributed by atoms with Crippen molar-refractivity contribution >= 4 is 11.8 Å². The molecule has 1 aliphatic heterocycles. The minimum atomic E-state index is -0.226. The number of ether oxygens (including phenoxy) is 1. The summed E-state index contributed by atoms with van der Waals surface area (Å²) in [4.78, 5) is 15.5. The van der Waals surface area contributed by atoms with Gasteiger partial charge in [-0.15, -0.1) is 0 Å². The van der Waals surface area contributed by atoms with Crippen molar-refractivity contribution in [1.29, 1.82) is 0 Å². The van der Waals surface area contributed by atoms with Gasteiger partial charge in [0.05, 0.1) is 7.11 Å². The van der Waals surface area contributed by atoms with Gasteiger partial charge in [-0.1, -0.05) is 18.2 Å². The summed E-state index contributed by atoms with van der Waals surface area (Å²) in [5, 5.41) is 0. The molecule has 0 unspecified atom stereocenters. The average molecular weight is 248 g/mol. The normalized spacial score (nSPS) is 15.7. The third-order valence-electron chi connectivity index (χ3n) is 3.47. The van der Waals surface area contributed by atoms with E-state index in [0.29, 0.717) is 0 Å². The number of para-hydroxylation sites is 1. The molecule has 0 saturated carbocycles. The van der Waals surface area contributed by atoms with Crippen molar-refractivity contribution in [1.82, 2.24) is 4.90 Å². The number of hydrogen-bond donors (Lipinski definition) is 0. The van der Waals surface area contributed by atoms with E-state index in [9.17, 15) is 4.79 Å². The van der Waals surface area contributed by atoms with Gasteiger partial charge < -0.3 is 14.5 Å². The van der Waals surface area contributed by atoms with Crippen molar-refractivity contribution in [2.75, 3.05) is 38.2 Å². The maximum Gasteiger partial charge on any atom is 0.409 e. The van der Waals surface area contributed by atoms with Crippen LogP contribution in [-0.2, 0) is 4.74 Å². The number of methoxy groups -OCH3 is 1. The van der Waals surface area contributed by atoms with Crippen molar-refractivity contribution in [3.63, 3.8) is 0 Å². The summed E-state index contributed by atoms with van der Waals surface area (Å²) in [6, 6.07) is 6.35. The van der Waals surface area contributed by atoms with Crippen molar-refractivity contribution in [2.45, 2.75) is 13.8 Å². The molecule has 2 rings (SSSR count). The van der Waals surface area contributed by atoms with Crippen molar-refractivity contribution in [2.24, 2.45) is 0 Å². The van der Waals surface area contributed by atoms with Crippen LogP contribution >= 0.6 is 0 Å². The second-order valence-corrected chi connectivity index (χ2v) is 4.68. The number of carbonyl (C=O) groups is 1. The van der Waals surface area contributed by atoms with Crippen LogP contribution in [0.25, 0.3) is 0 Å². The molecule has 1 heterocycles. The highest BCUT2D eigenvalue weighted by atomic mass is 16.5. The number of carbonyl (C=O) groups excluding carboxylic acids is 1. The van der Waals surface area contributed by atoms with Gasteiger partial charge in [-0.2, -0.15) is 0 Å². The van der Waals surface area contributed by atoms with Gasteiger partial charge in [0.15, 0.2) is 0 Å². The van der Waals surface area contributed by atoms with Crippen LogP contribution in [0.4, 0.5) is 10.5 Å². The number of amides is 1. The molecule has 4 nitrogen and oxygen atoms in total. The van der Waals surface area contributed by atoms with Crippen molar-refractivity contribution in [3.05, 3.63) is 29.3 Å². The lowest BCUT2D eigenvalue weighted by atomic mass is 10.1. The lowest BCUT2D eigenvalue weighted by molar-refractivity contribution is 0.121. The van der Waals surface area contributed by atoms with Crippen LogP contribution in [0.3, 0.4) is 0 Å². The predicted molar refractivity (Wildman–Crippen MR) is 72.1 cm³/mol. The zero-order chi connectivity index (χ0) is 13.1. The van der Waals surface area contributed by atoms with Gasteiger partial charge in [0.25, 0.3) is 0 Å². The number of anilines is 1. The minimum Gasteiger partial charge on any atom is -0.453 e. The molecule has 0 spiro atoms.